The molecule has 0 N–H and O–H groups in total. The van der Waals surface area contributed by atoms with Crippen molar-refractivity contribution in [1.82, 2.24) is 0 Å². The van der Waals surface area contributed by atoms with Gasteiger partial charge in [0.25, 0.3) is 0 Å². The summed E-state index contributed by atoms with van der Waals surface area (Å²) in [6.07, 6.45) is 1.04. The van der Waals surface area contributed by atoms with Crippen molar-refractivity contribution in [3.63, 3.8) is 0 Å². The number of hydrogen-bond acceptors (Lipinski definition) is 4. The van der Waals surface area contributed by atoms with Crippen molar-refractivity contribution in [2.75, 3.05) is 0 Å². The fourth-order valence-electron chi connectivity index (χ4n) is 4.33. The number of ether oxygens (including phenoxy) is 2. The average molecular weight is 601 g/mol. The Morgan fingerprint density at radius 3 is 1.40 bits per heavy atom. The molecule has 0 aromatic heterocycles. The molecule has 0 radical (unpaired) electrons. The van der Waals surface area contributed by atoms with Crippen LogP contribution >= 0.6 is 0 Å². The summed E-state index contributed by atoms with van der Waals surface area (Å²) in [5, 5.41) is 0. The molecule has 43 heavy (non-hydrogen) atoms. The maximum atomic E-state index is 15.0. The molecule has 0 amide bonds. The van der Waals surface area contributed by atoms with Crippen LogP contribution < -0.4 is 9.47 Å². The number of alkyl halides is 4. The van der Waals surface area contributed by atoms with Crippen LogP contribution in [0.3, 0.4) is 0 Å². The average Bonchev–Trinajstić information content (AvgIpc) is 2.97. The minimum Gasteiger partial charge on any atom is -0.488 e. The predicted molar refractivity (Wildman–Crippen MR) is 159 cm³/mol. The highest BCUT2D eigenvalue weighted by molar-refractivity contribution is 5.91. The Morgan fingerprint density at radius 1 is 0.581 bits per heavy atom. The maximum absolute atomic E-state index is 15.0. The summed E-state index contributed by atoms with van der Waals surface area (Å²) >= 11 is 0. The summed E-state index contributed by atoms with van der Waals surface area (Å²) in [5.41, 5.74) is -1.73. The third-order valence-electron chi connectivity index (χ3n) is 8.26. The Hall–Kier alpha value is -3.68. The first-order chi connectivity index (χ1) is 19.8. The molecule has 0 aliphatic rings. The van der Waals surface area contributed by atoms with E-state index in [9.17, 15) is 27.2 Å². The fourth-order valence-corrected chi connectivity index (χ4v) is 4.33. The number of benzene rings is 3. The molecular weight excluding hydrogens is 560 g/mol. The van der Waals surface area contributed by atoms with Crippen LogP contribution in [0, 0.1) is 5.41 Å². The Labute approximate surface area is 251 Å². The first-order valence-electron chi connectivity index (χ1n) is 14.3. The van der Waals surface area contributed by atoms with Crippen LogP contribution in [0.25, 0.3) is 0 Å². The smallest absolute Gasteiger partial charge is 0.387 e. The molecule has 3 aromatic carbocycles. The topological polar surface area (TPSA) is 52.6 Å². The molecule has 3 aromatic rings. The molecule has 3 rings (SSSR count). The van der Waals surface area contributed by atoms with Gasteiger partial charge < -0.3 is 9.47 Å². The largest absolute Gasteiger partial charge is 0.488 e. The molecule has 0 bridgehead atoms. The monoisotopic (exact) mass is 600 g/mol. The lowest BCUT2D eigenvalue weighted by Gasteiger charge is -2.28. The second-order valence-electron chi connectivity index (χ2n) is 12.6. The Morgan fingerprint density at radius 2 is 0.977 bits per heavy atom. The van der Waals surface area contributed by atoms with Crippen molar-refractivity contribution >= 4 is 11.8 Å². The van der Waals surface area contributed by atoms with Crippen LogP contribution in [0.15, 0.2) is 72.8 Å². The third kappa shape index (κ3) is 7.28. The lowest BCUT2D eigenvalue weighted by atomic mass is 9.78. The Bertz CT molecular complexity index is 1420. The van der Waals surface area contributed by atoms with Crippen molar-refractivity contribution in [3.05, 3.63) is 95.1 Å². The Balaban J connectivity index is 1.73. The molecule has 0 aliphatic carbocycles. The highest BCUT2D eigenvalue weighted by atomic mass is 19.3. The molecule has 0 heterocycles. The lowest BCUT2D eigenvalue weighted by molar-refractivity contribution is -0.163. The molecule has 232 valence electrons. The van der Waals surface area contributed by atoms with Gasteiger partial charge >= 0.3 is 17.8 Å². The summed E-state index contributed by atoms with van der Waals surface area (Å²) in [7, 11) is 0. The number of carbonyl (C=O) groups is 2. The summed E-state index contributed by atoms with van der Waals surface area (Å²) in [6, 6.07) is 16.9. The van der Waals surface area contributed by atoms with Crippen molar-refractivity contribution in [2.45, 2.75) is 91.1 Å². The van der Waals surface area contributed by atoms with E-state index in [4.69, 9.17) is 9.47 Å². The van der Waals surface area contributed by atoms with E-state index in [1.165, 1.54) is 26.0 Å². The highest BCUT2D eigenvalue weighted by Crippen LogP contribution is 2.40. The van der Waals surface area contributed by atoms with Crippen LogP contribution in [0.1, 0.15) is 90.5 Å². The highest BCUT2D eigenvalue weighted by Gasteiger charge is 2.48. The van der Waals surface area contributed by atoms with Gasteiger partial charge in [0, 0.05) is 22.0 Å². The molecule has 0 aliphatic heterocycles. The number of ketones is 1. The van der Waals surface area contributed by atoms with Gasteiger partial charge in [-0.3, -0.25) is 4.79 Å². The molecule has 4 nitrogen and oxygen atoms in total. The van der Waals surface area contributed by atoms with Crippen LogP contribution in [0.2, 0.25) is 0 Å². The fraction of sp³-hybridized carbons (Fsp3) is 0.429. The molecule has 0 fully saturated rings. The quantitative estimate of drug-likeness (QED) is 0.118. The SMILES string of the molecule is CCC(C)(C)Oc1ccc(C(C)(C)c2ccc(OC(=O)C(F)(F)c3ccc(C(F)(F)C(=O)C(C)(C)CC)cc3)cc2)cc1. The minimum atomic E-state index is -4.12. The van der Waals surface area contributed by atoms with Gasteiger partial charge in [-0.1, -0.05) is 90.1 Å². The molecule has 0 saturated heterocycles. The van der Waals surface area contributed by atoms with Crippen molar-refractivity contribution < 1.29 is 36.6 Å². The second-order valence-corrected chi connectivity index (χ2v) is 12.6. The summed E-state index contributed by atoms with van der Waals surface area (Å²) in [4.78, 5) is 24.8. The first kappa shape index (κ1) is 33.8. The normalized spacial score (nSPS) is 13.0. The molecule has 0 atom stereocenters. The van der Waals surface area contributed by atoms with E-state index in [-0.39, 0.29) is 17.8 Å². The number of Topliss-reactive ketones (excluding diaryl/α,β-unsaturated/α-hetero) is 1. The van der Waals surface area contributed by atoms with Crippen molar-refractivity contribution in [2.24, 2.45) is 5.41 Å². The molecule has 0 spiro atoms. The van der Waals surface area contributed by atoms with E-state index in [0.717, 1.165) is 35.4 Å². The van der Waals surface area contributed by atoms with E-state index < -0.39 is 45.6 Å². The summed E-state index contributed by atoms with van der Waals surface area (Å²) < 4.78 is 70.5. The van der Waals surface area contributed by atoms with Gasteiger partial charge in [0.2, 0.25) is 5.78 Å². The standard InChI is InChI=1S/C35H40F4O4/c1-9-31(3,4)29(40)34(36,37)25-11-13-26(14-12-25)35(38,39)30(41)42-27-19-15-23(16-20-27)33(7,8)24-17-21-28(22-18-24)43-32(5,6)10-2/h11-22H,9-10H2,1-8H3. The number of halogens is 4. The minimum absolute atomic E-state index is 0.0923. The summed E-state index contributed by atoms with van der Waals surface area (Å²) in [6.45, 7) is 14.5. The molecular formula is C35H40F4O4. The number of carbonyl (C=O) groups excluding carboxylic acids is 2. The maximum Gasteiger partial charge on any atom is 0.387 e. The van der Waals surface area contributed by atoms with Crippen LogP contribution in [-0.4, -0.2) is 17.4 Å². The predicted octanol–water partition coefficient (Wildman–Crippen LogP) is 9.37. The Kier molecular flexibility index (Phi) is 9.54. The second kappa shape index (κ2) is 12.1. The molecule has 0 saturated carbocycles. The third-order valence-corrected chi connectivity index (χ3v) is 8.26. The van der Waals surface area contributed by atoms with Crippen molar-refractivity contribution in [1.29, 1.82) is 0 Å². The van der Waals surface area contributed by atoms with Gasteiger partial charge in [-0.05, 0) is 62.1 Å². The molecule has 0 unspecified atom stereocenters. The number of hydrogen-bond donors (Lipinski definition) is 0. The van der Waals surface area contributed by atoms with Gasteiger partial charge in [0.15, 0.2) is 0 Å². The zero-order valence-electron chi connectivity index (χ0n) is 26.0. The van der Waals surface area contributed by atoms with Crippen molar-refractivity contribution in [3.8, 4) is 11.5 Å². The lowest BCUT2D eigenvalue weighted by Crippen LogP contribution is -2.37. The van der Waals surface area contributed by atoms with E-state index in [0.29, 0.717) is 12.1 Å². The first-order valence-corrected chi connectivity index (χ1v) is 14.3. The van der Waals surface area contributed by atoms with E-state index in [1.54, 1.807) is 19.1 Å². The van der Waals surface area contributed by atoms with E-state index >= 15 is 0 Å². The van der Waals surface area contributed by atoms with Gasteiger partial charge in [0.05, 0.1) is 0 Å². The van der Waals surface area contributed by atoms with Crippen LogP contribution in [0.4, 0.5) is 17.6 Å². The zero-order valence-corrected chi connectivity index (χ0v) is 26.0. The van der Waals surface area contributed by atoms with Gasteiger partial charge in [-0.15, -0.1) is 0 Å². The van der Waals surface area contributed by atoms with Gasteiger partial charge in [-0.25, -0.2) is 4.79 Å². The van der Waals surface area contributed by atoms with Gasteiger partial charge in [-0.2, -0.15) is 17.6 Å². The van der Waals surface area contributed by atoms with E-state index in [2.05, 4.69) is 6.92 Å². The van der Waals surface area contributed by atoms with Crippen LogP contribution in [0.5, 0.6) is 11.5 Å². The zero-order chi connectivity index (χ0) is 32.4. The van der Waals surface area contributed by atoms with Gasteiger partial charge in [0.1, 0.15) is 17.1 Å². The molecule has 8 heteroatoms. The number of rotatable bonds is 12. The van der Waals surface area contributed by atoms with Crippen LogP contribution in [-0.2, 0) is 26.8 Å². The summed E-state index contributed by atoms with van der Waals surface area (Å²) in [5.74, 6) is -10.5. The number of esters is 1. The van der Waals surface area contributed by atoms with E-state index in [1.807, 2.05) is 52.0 Å².